The highest BCUT2D eigenvalue weighted by molar-refractivity contribution is 5.31. The van der Waals surface area contributed by atoms with Crippen LogP contribution in [0.3, 0.4) is 0 Å². The van der Waals surface area contributed by atoms with Crippen molar-refractivity contribution in [3.8, 4) is 11.6 Å². The summed E-state index contributed by atoms with van der Waals surface area (Å²) in [5.74, 6) is 1.89. The second kappa shape index (κ2) is 7.74. The Kier molecular flexibility index (Phi) is 5.69. The molecular formula is C17H23N3O. The molecule has 0 aliphatic rings. The molecule has 0 amide bonds. The molecule has 0 aliphatic heterocycles. The molecule has 0 bridgehead atoms. The Balaban J connectivity index is 2.04. The summed E-state index contributed by atoms with van der Waals surface area (Å²) in [5, 5.41) is 3.22. The topological polar surface area (TPSA) is 47.0 Å². The molecule has 1 unspecified atom stereocenters. The van der Waals surface area contributed by atoms with E-state index >= 15 is 0 Å². The molecule has 0 fully saturated rings. The van der Waals surface area contributed by atoms with Crippen molar-refractivity contribution < 1.29 is 4.74 Å². The minimum atomic E-state index is 0.529. The molecule has 0 saturated heterocycles. The second-order valence-electron chi connectivity index (χ2n) is 5.11. The van der Waals surface area contributed by atoms with Gasteiger partial charge in [0.05, 0.1) is 11.9 Å². The molecule has 0 spiro atoms. The van der Waals surface area contributed by atoms with E-state index < -0.39 is 0 Å². The molecule has 1 atom stereocenters. The third kappa shape index (κ3) is 4.53. The highest BCUT2D eigenvalue weighted by Crippen LogP contribution is 2.24. The van der Waals surface area contributed by atoms with Gasteiger partial charge in [-0.3, -0.25) is 4.98 Å². The molecule has 112 valence electrons. The molecule has 0 radical (unpaired) electrons. The fourth-order valence-electron chi connectivity index (χ4n) is 1.99. The molecule has 4 heteroatoms. The van der Waals surface area contributed by atoms with Gasteiger partial charge in [0.25, 0.3) is 0 Å². The lowest BCUT2D eigenvalue weighted by Crippen LogP contribution is -2.13. The van der Waals surface area contributed by atoms with E-state index in [1.54, 1.807) is 12.4 Å². The summed E-state index contributed by atoms with van der Waals surface area (Å²) in [6.45, 7) is 8.09. The van der Waals surface area contributed by atoms with Crippen LogP contribution in [0.2, 0.25) is 0 Å². The minimum Gasteiger partial charge on any atom is -0.437 e. The number of ether oxygens (including phenoxy) is 1. The summed E-state index contributed by atoms with van der Waals surface area (Å²) in [6.07, 6.45) is 4.53. The average Bonchev–Trinajstić information content (AvgIpc) is 2.53. The molecule has 2 aromatic rings. The molecule has 21 heavy (non-hydrogen) atoms. The van der Waals surface area contributed by atoms with Gasteiger partial charge in [-0.05, 0) is 36.6 Å². The number of benzene rings is 1. The predicted molar refractivity (Wildman–Crippen MR) is 84.6 cm³/mol. The van der Waals surface area contributed by atoms with Gasteiger partial charge >= 0.3 is 0 Å². The van der Waals surface area contributed by atoms with Crippen LogP contribution in [0.15, 0.2) is 36.7 Å². The van der Waals surface area contributed by atoms with Crippen LogP contribution in [0.4, 0.5) is 0 Å². The summed E-state index contributed by atoms with van der Waals surface area (Å²) in [7, 11) is 0. The first-order chi connectivity index (χ1) is 10.2. The SMILES string of the molecule is CCNCc1cncc(Oc2ccc(C(C)CC)cc2)n1. The maximum Gasteiger partial charge on any atom is 0.238 e. The minimum absolute atomic E-state index is 0.529. The highest BCUT2D eigenvalue weighted by atomic mass is 16.5. The van der Waals surface area contributed by atoms with Crippen LogP contribution in [0.25, 0.3) is 0 Å². The second-order valence-corrected chi connectivity index (χ2v) is 5.11. The van der Waals surface area contributed by atoms with E-state index in [9.17, 15) is 0 Å². The van der Waals surface area contributed by atoms with E-state index in [1.165, 1.54) is 5.56 Å². The molecule has 1 aromatic carbocycles. The van der Waals surface area contributed by atoms with Gasteiger partial charge in [-0.15, -0.1) is 0 Å². The maximum absolute atomic E-state index is 5.77. The van der Waals surface area contributed by atoms with Gasteiger partial charge in [-0.1, -0.05) is 32.9 Å². The van der Waals surface area contributed by atoms with E-state index in [0.29, 0.717) is 18.3 Å². The van der Waals surface area contributed by atoms with Crippen molar-refractivity contribution in [3.63, 3.8) is 0 Å². The first-order valence-corrected chi connectivity index (χ1v) is 7.52. The third-order valence-electron chi connectivity index (χ3n) is 3.50. The molecule has 4 nitrogen and oxygen atoms in total. The van der Waals surface area contributed by atoms with Gasteiger partial charge < -0.3 is 10.1 Å². The zero-order valence-corrected chi connectivity index (χ0v) is 13.0. The summed E-state index contributed by atoms with van der Waals surface area (Å²) in [6, 6.07) is 8.19. The third-order valence-corrected chi connectivity index (χ3v) is 3.50. The molecule has 2 rings (SSSR count). The van der Waals surface area contributed by atoms with Gasteiger partial charge in [-0.25, -0.2) is 4.98 Å². The van der Waals surface area contributed by atoms with Crippen molar-refractivity contribution in [2.45, 2.75) is 39.7 Å². The van der Waals surface area contributed by atoms with Crippen molar-refractivity contribution in [2.75, 3.05) is 6.54 Å². The van der Waals surface area contributed by atoms with Crippen LogP contribution < -0.4 is 10.1 Å². The summed E-state index contributed by atoms with van der Waals surface area (Å²) in [4.78, 5) is 8.60. The Labute approximate surface area is 126 Å². The van der Waals surface area contributed by atoms with Crippen molar-refractivity contribution in [3.05, 3.63) is 47.9 Å². The van der Waals surface area contributed by atoms with Gasteiger partial charge in [0, 0.05) is 12.7 Å². The van der Waals surface area contributed by atoms with Gasteiger partial charge in [-0.2, -0.15) is 0 Å². The molecule has 0 aliphatic carbocycles. The number of hydrogen-bond acceptors (Lipinski definition) is 4. The van der Waals surface area contributed by atoms with E-state index in [0.717, 1.165) is 24.4 Å². The zero-order valence-electron chi connectivity index (χ0n) is 13.0. The van der Waals surface area contributed by atoms with Crippen LogP contribution in [0.1, 0.15) is 44.4 Å². The molecule has 1 N–H and O–H groups in total. The van der Waals surface area contributed by atoms with E-state index in [-0.39, 0.29) is 0 Å². The average molecular weight is 285 g/mol. The lowest BCUT2D eigenvalue weighted by Gasteiger charge is -2.10. The highest BCUT2D eigenvalue weighted by Gasteiger charge is 2.05. The Morgan fingerprint density at radius 2 is 1.90 bits per heavy atom. The number of nitrogens with zero attached hydrogens (tertiary/aromatic N) is 2. The lowest BCUT2D eigenvalue weighted by molar-refractivity contribution is 0.456. The maximum atomic E-state index is 5.77. The smallest absolute Gasteiger partial charge is 0.238 e. The first-order valence-electron chi connectivity index (χ1n) is 7.52. The Hall–Kier alpha value is -1.94. The standard InChI is InChI=1S/C17H23N3O/c1-4-13(3)14-6-8-16(9-7-14)21-17-12-19-11-15(20-17)10-18-5-2/h6-9,11-13,18H,4-5,10H2,1-3H3. The largest absolute Gasteiger partial charge is 0.437 e. The van der Waals surface area contributed by atoms with E-state index in [1.807, 2.05) is 12.1 Å². The Bertz CT molecular complexity index is 554. The monoisotopic (exact) mass is 285 g/mol. The summed E-state index contributed by atoms with van der Waals surface area (Å²) >= 11 is 0. The van der Waals surface area contributed by atoms with Gasteiger partial charge in [0.15, 0.2) is 0 Å². The molecule has 1 heterocycles. The van der Waals surface area contributed by atoms with Crippen LogP contribution in [-0.2, 0) is 6.54 Å². The van der Waals surface area contributed by atoms with E-state index in [2.05, 4.69) is 48.2 Å². The predicted octanol–water partition coefficient (Wildman–Crippen LogP) is 3.89. The van der Waals surface area contributed by atoms with Crippen molar-refractivity contribution in [2.24, 2.45) is 0 Å². The van der Waals surface area contributed by atoms with Crippen LogP contribution >= 0.6 is 0 Å². The van der Waals surface area contributed by atoms with E-state index in [4.69, 9.17) is 4.74 Å². The lowest BCUT2D eigenvalue weighted by atomic mass is 9.99. The summed E-state index contributed by atoms with van der Waals surface area (Å²) in [5.41, 5.74) is 2.21. The van der Waals surface area contributed by atoms with Crippen molar-refractivity contribution in [1.29, 1.82) is 0 Å². The molecule has 1 aromatic heterocycles. The summed E-state index contributed by atoms with van der Waals surface area (Å²) < 4.78 is 5.77. The zero-order chi connectivity index (χ0) is 15.1. The van der Waals surface area contributed by atoms with Crippen LogP contribution in [0.5, 0.6) is 11.6 Å². The van der Waals surface area contributed by atoms with Crippen LogP contribution in [0, 0.1) is 0 Å². The Morgan fingerprint density at radius 1 is 1.14 bits per heavy atom. The first kappa shape index (κ1) is 15.4. The van der Waals surface area contributed by atoms with Crippen molar-refractivity contribution >= 4 is 0 Å². The van der Waals surface area contributed by atoms with Gasteiger partial charge in [0.1, 0.15) is 5.75 Å². The number of hydrogen-bond donors (Lipinski definition) is 1. The van der Waals surface area contributed by atoms with Crippen LogP contribution in [-0.4, -0.2) is 16.5 Å². The van der Waals surface area contributed by atoms with Gasteiger partial charge in [0.2, 0.25) is 5.88 Å². The number of aromatic nitrogens is 2. The fraction of sp³-hybridized carbons (Fsp3) is 0.412. The number of nitrogens with one attached hydrogen (secondary N) is 1. The molecular weight excluding hydrogens is 262 g/mol. The normalized spacial score (nSPS) is 12.1. The fourth-order valence-corrected chi connectivity index (χ4v) is 1.99. The number of rotatable bonds is 7. The Morgan fingerprint density at radius 3 is 2.57 bits per heavy atom. The quantitative estimate of drug-likeness (QED) is 0.838. The molecule has 0 saturated carbocycles. The van der Waals surface area contributed by atoms with Crippen molar-refractivity contribution in [1.82, 2.24) is 15.3 Å².